The summed E-state index contributed by atoms with van der Waals surface area (Å²) in [5.41, 5.74) is 3.40. The van der Waals surface area contributed by atoms with E-state index in [0.717, 1.165) is 36.5 Å². The summed E-state index contributed by atoms with van der Waals surface area (Å²) in [6.45, 7) is 23.1. The highest BCUT2D eigenvalue weighted by Gasteiger charge is 2.68. The van der Waals surface area contributed by atoms with E-state index in [4.69, 9.17) is 4.74 Å². The predicted molar refractivity (Wildman–Crippen MR) is 205 cm³/mol. The molecule has 5 aliphatic carbocycles. The van der Waals surface area contributed by atoms with Crippen molar-refractivity contribution in [2.45, 2.75) is 216 Å². The van der Waals surface area contributed by atoms with Gasteiger partial charge in [-0.3, -0.25) is 4.79 Å². The maximum Gasteiger partial charge on any atom is 0.306 e. The van der Waals surface area contributed by atoms with Gasteiger partial charge in [-0.25, -0.2) is 0 Å². The molecule has 0 aliphatic heterocycles. The number of allylic oxidation sites excluding steroid dienone is 2. The summed E-state index contributed by atoms with van der Waals surface area (Å²) < 4.78 is 6.42. The second-order valence-electron chi connectivity index (χ2n) is 20.1. The van der Waals surface area contributed by atoms with E-state index in [1.54, 1.807) is 0 Å². The lowest BCUT2D eigenvalue weighted by Gasteiger charge is -2.71. The lowest BCUT2D eigenvalue weighted by atomic mass is 9.33. The van der Waals surface area contributed by atoms with Crippen molar-refractivity contribution in [1.29, 1.82) is 0 Å². The van der Waals surface area contributed by atoms with Crippen LogP contribution in [-0.4, -0.2) is 12.1 Å². The van der Waals surface area contributed by atoms with Gasteiger partial charge in [-0.05, 0) is 115 Å². The fourth-order valence-electron chi connectivity index (χ4n) is 13.5. The van der Waals surface area contributed by atoms with Gasteiger partial charge in [-0.2, -0.15) is 0 Å². The van der Waals surface area contributed by atoms with Crippen LogP contribution in [0.25, 0.3) is 0 Å². The van der Waals surface area contributed by atoms with Gasteiger partial charge in [0.05, 0.1) is 0 Å². The summed E-state index contributed by atoms with van der Waals surface area (Å²) >= 11 is 0. The van der Waals surface area contributed by atoms with Crippen LogP contribution in [0.1, 0.15) is 210 Å². The van der Waals surface area contributed by atoms with Gasteiger partial charge in [-0.1, -0.05) is 151 Å². The fourth-order valence-corrected chi connectivity index (χ4v) is 13.5. The number of hydrogen-bond donors (Lipinski definition) is 0. The monoisotopic (exact) mass is 665 g/mol. The van der Waals surface area contributed by atoms with Gasteiger partial charge in [0.1, 0.15) is 6.10 Å². The van der Waals surface area contributed by atoms with Crippen LogP contribution in [0.5, 0.6) is 0 Å². The topological polar surface area (TPSA) is 26.3 Å². The molecular weight excluding hydrogens is 585 g/mol. The van der Waals surface area contributed by atoms with Crippen molar-refractivity contribution in [3.8, 4) is 0 Å². The van der Waals surface area contributed by atoms with Crippen LogP contribution < -0.4 is 0 Å². The molecule has 5 aliphatic rings. The van der Waals surface area contributed by atoms with E-state index in [2.05, 4.69) is 68.4 Å². The molecule has 0 aromatic carbocycles. The lowest BCUT2D eigenvalue weighted by molar-refractivity contribution is -0.213. The molecule has 48 heavy (non-hydrogen) atoms. The minimum absolute atomic E-state index is 0.0311. The van der Waals surface area contributed by atoms with Crippen LogP contribution in [0, 0.1) is 56.7 Å². The van der Waals surface area contributed by atoms with Gasteiger partial charge in [0, 0.05) is 11.8 Å². The Morgan fingerprint density at radius 2 is 1.31 bits per heavy atom. The van der Waals surface area contributed by atoms with Crippen LogP contribution in [0.15, 0.2) is 11.6 Å². The smallest absolute Gasteiger partial charge is 0.306 e. The molecular formula is C46H80O2. The average molecular weight is 665 g/mol. The molecule has 10 unspecified atom stereocenters. The molecule has 0 saturated heterocycles. The second kappa shape index (κ2) is 15.4. The van der Waals surface area contributed by atoms with Crippen LogP contribution in [0.3, 0.4) is 0 Å². The number of fused-ring (bicyclic) bond motifs is 7. The summed E-state index contributed by atoms with van der Waals surface area (Å²) in [7, 11) is 0. The first-order chi connectivity index (χ1) is 22.7. The van der Waals surface area contributed by atoms with E-state index in [-0.39, 0.29) is 17.5 Å². The van der Waals surface area contributed by atoms with Gasteiger partial charge in [-0.15, -0.1) is 0 Å². The van der Waals surface area contributed by atoms with Crippen LogP contribution in [-0.2, 0) is 9.53 Å². The van der Waals surface area contributed by atoms with Gasteiger partial charge in [0.15, 0.2) is 0 Å². The molecule has 0 aromatic rings. The van der Waals surface area contributed by atoms with Gasteiger partial charge < -0.3 is 4.74 Å². The lowest BCUT2D eigenvalue weighted by Crippen LogP contribution is -2.65. The molecule has 0 bridgehead atoms. The molecule has 2 heteroatoms. The van der Waals surface area contributed by atoms with E-state index >= 15 is 0 Å². The van der Waals surface area contributed by atoms with Crippen molar-refractivity contribution in [3.05, 3.63) is 11.6 Å². The standard InChI is InChI=1S/C46H80O2/c1-10-11-12-13-14-15-16-17-18-19-20-21-22-23-40(47)48-39-28-30-44(7)37(42(39,4)5)27-31-46(9)38(44)25-24-36-41-35(3)34(2)26-29-43(41,6)32-33-45(36,46)8/h24,34-35,37-39,41H,10-23,25-33H2,1-9H3. The number of carbonyl (C=O) groups is 1. The zero-order valence-corrected chi connectivity index (χ0v) is 33.6. The van der Waals surface area contributed by atoms with Crippen LogP contribution in [0.4, 0.5) is 0 Å². The number of rotatable bonds is 15. The highest BCUT2D eigenvalue weighted by Crippen LogP contribution is 2.75. The Bertz CT molecular complexity index is 1100. The minimum Gasteiger partial charge on any atom is -0.462 e. The Balaban J connectivity index is 1.12. The second-order valence-corrected chi connectivity index (χ2v) is 20.1. The third-order valence-corrected chi connectivity index (χ3v) is 17.1. The molecule has 0 aromatic heterocycles. The zero-order valence-electron chi connectivity index (χ0n) is 33.6. The van der Waals surface area contributed by atoms with Crippen molar-refractivity contribution in [3.63, 3.8) is 0 Å². The first-order valence-corrected chi connectivity index (χ1v) is 21.6. The average Bonchev–Trinajstić information content (AvgIpc) is 3.03. The van der Waals surface area contributed by atoms with Crippen LogP contribution in [0.2, 0.25) is 0 Å². The van der Waals surface area contributed by atoms with E-state index in [9.17, 15) is 4.79 Å². The molecule has 0 radical (unpaired) electrons. The van der Waals surface area contributed by atoms with Gasteiger partial charge in [0.25, 0.3) is 0 Å². The minimum atomic E-state index is 0.0311. The Labute approximate surface area is 299 Å². The molecule has 10 atom stereocenters. The summed E-state index contributed by atoms with van der Waals surface area (Å²) in [5.74, 6) is 3.81. The third kappa shape index (κ3) is 7.14. The van der Waals surface area contributed by atoms with E-state index < -0.39 is 0 Å². The zero-order chi connectivity index (χ0) is 34.8. The van der Waals surface area contributed by atoms with Crippen molar-refractivity contribution < 1.29 is 9.53 Å². The molecule has 0 spiro atoms. The molecule has 0 amide bonds. The number of hydrogen-bond acceptors (Lipinski definition) is 2. The summed E-state index contributed by atoms with van der Waals surface area (Å²) in [6, 6.07) is 0. The quantitative estimate of drug-likeness (QED) is 0.0989. The SMILES string of the molecule is CCCCCCCCCCCCCCCC(=O)OC1CCC2(C)C(CCC3(C)C2CC=C2C4C(C)C(C)CCC4(C)CCC23C)C1(C)C. The van der Waals surface area contributed by atoms with Gasteiger partial charge in [0.2, 0.25) is 0 Å². The van der Waals surface area contributed by atoms with Gasteiger partial charge >= 0.3 is 5.97 Å². The first-order valence-electron chi connectivity index (χ1n) is 21.6. The predicted octanol–water partition coefficient (Wildman–Crippen LogP) is 14.1. The van der Waals surface area contributed by atoms with Crippen molar-refractivity contribution >= 4 is 5.97 Å². The molecule has 5 rings (SSSR count). The Kier molecular flexibility index (Phi) is 12.4. The van der Waals surface area contributed by atoms with E-state index in [1.807, 2.05) is 5.57 Å². The highest BCUT2D eigenvalue weighted by atomic mass is 16.5. The maximum absolute atomic E-state index is 13.2. The van der Waals surface area contributed by atoms with Crippen molar-refractivity contribution in [1.82, 2.24) is 0 Å². The van der Waals surface area contributed by atoms with E-state index in [0.29, 0.717) is 34.0 Å². The molecule has 276 valence electrons. The highest BCUT2D eigenvalue weighted by molar-refractivity contribution is 5.69. The van der Waals surface area contributed by atoms with E-state index in [1.165, 1.54) is 128 Å². The number of carbonyl (C=O) groups excluding carboxylic acids is 1. The molecule has 4 fully saturated rings. The van der Waals surface area contributed by atoms with Crippen LogP contribution >= 0.6 is 0 Å². The molecule has 0 N–H and O–H groups in total. The number of unbranched alkanes of at least 4 members (excludes halogenated alkanes) is 12. The van der Waals surface area contributed by atoms with Crippen molar-refractivity contribution in [2.75, 3.05) is 0 Å². The maximum atomic E-state index is 13.2. The fraction of sp³-hybridized carbons (Fsp3) is 0.935. The number of esters is 1. The Morgan fingerprint density at radius 3 is 1.94 bits per heavy atom. The summed E-state index contributed by atoms with van der Waals surface area (Å²) in [5, 5.41) is 0. The molecule has 0 heterocycles. The normalized spacial score (nSPS) is 41.7. The number of ether oxygens (including phenoxy) is 1. The van der Waals surface area contributed by atoms with Crippen molar-refractivity contribution in [2.24, 2.45) is 56.7 Å². The third-order valence-electron chi connectivity index (χ3n) is 17.1. The molecule has 2 nitrogen and oxygen atoms in total. The summed E-state index contributed by atoms with van der Waals surface area (Å²) in [6.07, 6.45) is 32.7. The Morgan fingerprint density at radius 1 is 0.708 bits per heavy atom. The summed E-state index contributed by atoms with van der Waals surface area (Å²) in [4.78, 5) is 13.2. The Hall–Kier alpha value is -0.790. The first kappa shape index (κ1) is 38.4. The largest absolute Gasteiger partial charge is 0.462 e. The molecule has 4 saturated carbocycles.